The number of hydrogen-bond acceptors (Lipinski definition) is 5. The molecule has 0 aromatic carbocycles. The fourth-order valence-corrected chi connectivity index (χ4v) is 4.06. The maximum atomic E-state index is 12.8. The lowest BCUT2D eigenvalue weighted by Gasteiger charge is -2.27. The zero-order valence-corrected chi connectivity index (χ0v) is 14.4. The molecule has 0 bridgehead atoms. The molecule has 1 atom stereocenters. The third-order valence-electron chi connectivity index (χ3n) is 4.35. The minimum absolute atomic E-state index is 0.0603. The molecule has 3 heterocycles. The Hall–Kier alpha value is -2.10. The van der Waals surface area contributed by atoms with Gasteiger partial charge in [0.05, 0.1) is 31.8 Å². The summed E-state index contributed by atoms with van der Waals surface area (Å²) in [6.07, 6.45) is 4.16. The number of thiophene rings is 1. The van der Waals surface area contributed by atoms with Crippen LogP contribution in [0.15, 0.2) is 40.3 Å². The van der Waals surface area contributed by atoms with Crippen LogP contribution in [0.3, 0.4) is 0 Å². The second kappa shape index (κ2) is 8.13. The van der Waals surface area contributed by atoms with Crippen LogP contribution < -0.4 is 0 Å². The molecule has 0 aliphatic carbocycles. The van der Waals surface area contributed by atoms with E-state index in [0.717, 1.165) is 25.1 Å². The van der Waals surface area contributed by atoms with Gasteiger partial charge in [0.15, 0.2) is 0 Å². The molecular weight excluding hydrogens is 322 g/mol. The zero-order chi connectivity index (χ0) is 16.8. The molecule has 1 amide bonds. The van der Waals surface area contributed by atoms with Crippen LogP contribution in [0.5, 0.6) is 0 Å². The zero-order valence-electron chi connectivity index (χ0n) is 13.6. The summed E-state index contributed by atoms with van der Waals surface area (Å²) in [5.74, 6) is 0.808. The van der Waals surface area contributed by atoms with Gasteiger partial charge in [-0.1, -0.05) is 6.07 Å². The van der Waals surface area contributed by atoms with Crippen LogP contribution in [0.2, 0.25) is 0 Å². The lowest BCUT2D eigenvalue weighted by Crippen LogP contribution is -2.40. The molecule has 2 aromatic rings. The Labute approximate surface area is 146 Å². The summed E-state index contributed by atoms with van der Waals surface area (Å²) in [4.78, 5) is 18.1. The average Bonchev–Trinajstić information content (AvgIpc) is 3.32. The van der Waals surface area contributed by atoms with E-state index in [1.807, 2.05) is 12.1 Å². The van der Waals surface area contributed by atoms with E-state index in [1.54, 1.807) is 22.5 Å². The van der Waals surface area contributed by atoms with Crippen molar-refractivity contribution in [3.8, 4) is 6.07 Å². The van der Waals surface area contributed by atoms with Crippen LogP contribution in [0.4, 0.5) is 0 Å². The lowest BCUT2D eigenvalue weighted by atomic mass is 10.2. The van der Waals surface area contributed by atoms with Crippen molar-refractivity contribution in [3.05, 3.63) is 46.5 Å². The van der Waals surface area contributed by atoms with Crippen LogP contribution in [0.25, 0.3) is 0 Å². The molecule has 1 saturated heterocycles. The number of nitriles is 1. The van der Waals surface area contributed by atoms with Gasteiger partial charge in [0.25, 0.3) is 0 Å². The highest BCUT2D eigenvalue weighted by molar-refractivity contribution is 7.10. The quantitative estimate of drug-likeness (QED) is 0.773. The molecule has 24 heavy (non-hydrogen) atoms. The summed E-state index contributed by atoms with van der Waals surface area (Å²) in [5.41, 5.74) is 0. The average molecular weight is 343 g/mol. The summed E-state index contributed by atoms with van der Waals surface area (Å²) in [6.45, 7) is 2.20. The van der Waals surface area contributed by atoms with Crippen LogP contribution in [0, 0.1) is 11.3 Å². The van der Waals surface area contributed by atoms with Gasteiger partial charge in [0.2, 0.25) is 5.91 Å². The first-order chi connectivity index (χ1) is 11.8. The first-order valence-electron chi connectivity index (χ1n) is 8.22. The second-order valence-electron chi connectivity index (χ2n) is 5.95. The van der Waals surface area contributed by atoms with E-state index >= 15 is 0 Å². The van der Waals surface area contributed by atoms with Crippen molar-refractivity contribution in [3.63, 3.8) is 0 Å². The number of hydrogen-bond donors (Lipinski definition) is 0. The van der Waals surface area contributed by atoms with Crippen molar-refractivity contribution in [1.82, 2.24) is 9.80 Å². The van der Waals surface area contributed by atoms with Crippen molar-refractivity contribution >= 4 is 17.2 Å². The fraction of sp³-hybridized carbons (Fsp3) is 0.444. The number of likely N-dealkylation sites (tertiary alicyclic amines) is 1. The Morgan fingerprint density at radius 2 is 2.38 bits per heavy atom. The molecule has 2 aromatic heterocycles. The van der Waals surface area contributed by atoms with Crippen LogP contribution in [-0.4, -0.2) is 35.3 Å². The van der Waals surface area contributed by atoms with E-state index in [2.05, 4.69) is 28.5 Å². The number of nitrogens with zero attached hydrogens (tertiary/aromatic N) is 3. The first-order valence-corrected chi connectivity index (χ1v) is 9.10. The van der Waals surface area contributed by atoms with E-state index in [9.17, 15) is 4.79 Å². The Balaban J connectivity index is 1.64. The van der Waals surface area contributed by atoms with Crippen molar-refractivity contribution < 1.29 is 9.21 Å². The second-order valence-corrected chi connectivity index (χ2v) is 6.93. The highest BCUT2D eigenvalue weighted by Crippen LogP contribution is 2.34. The van der Waals surface area contributed by atoms with Crippen LogP contribution in [-0.2, 0) is 11.3 Å². The van der Waals surface area contributed by atoms with E-state index in [-0.39, 0.29) is 5.91 Å². The Morgan fingerprint density at radius 1 is 1.46 bits per heavy atom. The maximum absolute atomic E-state index is 12.8. The molecule has 0 radical (unpaired) electrons. The van der Waals surface area contributed by atoms with Gasteiger partial charge < -0.3 is 9.32 Å². The van der Waals surface area contributed by atoms with Crippen LogP contribution in [0.1, 0.15) is 35.9 Å². The van der Waals surface area contributed by atoms with Crippen LogP contribution >= 0.6 is 11.3 Å². The molecule has 0 spiro atoms. The third kappa shape index (κ3) is 4.05. The molecule has 5 nitrogen and oxygen atoms in total. The highest BCUT2D eigenvalue weighted by atomic mass is 32.1. The van der Waals surface area contributed by atoms with Gasteiger partial charge in [-0.05, 0) is 43.0 Å². The van der Waals surface area contributed by atoms with E-state index in [0.29, 0.717) is 32.1 Å². The maximum Gasteiger partial charge on any atom is 0.237 e. The van der Waals surface area contributed by atoms with Crippen molar-refractivity contribution in [2.75, 3.05) is 19.6 Å². The fourth-order valence-electron chi connectivity index (χ4n) is 3.16. The molecule has 0 saturated carbocycles. The molecule has 0 N–H and O–H groups in total. The van der Waals surface area contributed by atoms with Gasteiger partial charge in [-0.2, -0.15) is 5.26 Å². The predicted octanol–water partition coefficient (Wildman–Crippen LogP) is 3.42. The lowest BCUT2D eigenvalue weighted by molar-refractivity contribution is -0.133. The van der Waals surface area contributed by atoms with E-state index in [1.165, 1.54) is 4.88 Å². The Morgan fingerprint density at radius 3 is 3.08 bits per heavy atom. The van der Waals surface area contributed by atoms with Gasteiger partial charge in [-0.25, -0.2) is 0 Å². The largest absolute Gasteiger partial charge is 0.467 e. The SMILES string of the molecule is N#CCCN(Cc1ccco1)C(=O)CN1CCC[C@@H]1c1cccs1. The van der Waals surface area contributed by atoms with E-state index < -0.39 is 0 Å². The van der Waals surface area contributed by atoms with Crippen molar-refractivity contribution in [1.29, 1.82) is 5.26 Å². The molecule has 3 rings (SSSR count). The summed E-state index contributed by atoms with van der Waals surface area (Å²) in [6, 6.07) is 10.3. The third-order valence-corrected chi connectivity index (χ3v) is 5.32. The molecule has 1 aliphatic heterocycles. The number of furan rings is 1. The van der Waals surface area contributed by atoms with Crippen molar-refractivity contribution in [2.45, 2.75) is 31.8 Å². The predicted molar refractivity (Wildman–Crippen MR) is 92.2 cm³/mol. The van der Waals surface area contributed by atoms with E-state index in [4.69, 9.17) is 9.68 Å². The molecule has 1 aliphatic rings. The Bertz CT molecular complexity index is 676. The monoisotopic (exact) mass is 343 g/mol. The van der Waals surface area contributed by atoms with Crippen molar-refractivity contribution in [2.24, 2.45) is 0 Å². The van der Waals surface area contributed by atoms with Gasteiger partial charge in [-0.15, -0.1) is 11.3 Å². The summed E-state index contributed by atoms with van der Waals surface area (Å²) < 4.78 is 5.36. The standard InChI is InChI=1S/C18H21N3O2S/c19-8-4-10-21(13-15-5-2-11-23-15)18(22)14-20-9-1-6-16(20)17-7-3-12-24-17/h2-3,5,7,11-12,16H,1,4,6,9-10,13-14H2/t16-/m1/s1. The minimum Gasteiger partial charge on any atom is -0.467 e. The highest BCUT2D eigenvalue weighted by Gasteiger charge is 2.29. The number of carbonyl (C=O) groups excluding carboxylic acids is 1. The number of amides is 1. The molecule has 6 heteroatoms. The smallest absolute Gasteiger partial charge is 0.237 e. The van der Waals surface area contributed by atoms with Gasteiger partial charge >= 0.3 is 0 Å². The molecule has 126 valence electrons. The summed E-state index contributed by atoms with van der Waals surface area (Å²) in [7, 11) is 0. The normalized spacial score (nSPS) is 17.7. The minimum atomic E-state index is 0.0603. The van der Waals surface area contributed by atoms with Gasteiger partial charge in [0.1, 0.15) is 5.76 Å². The van der Waals surface area contributed by atoms with Gasteiger partial charge in [-0.3, -0.25) is 9.69 Å². The first kappa shape index (κ1) is 16.7. The Kier molecular flexibility index (Phi) is 5.68. The molecular formula is C18H21N3O2S. The topological polar surface area (TPSA) is 60.5 Å². The number of rotatable bonds is 7. The van der Waals surface area contributed by atoms with Gasteiger partial charge in [0, 0.05) is 17.5 Å². The molecule has 1 fully saturated rings. The number of carbonyl (C=O) groups is 1. The summed E-state index contributed by atoms with van der Waals surface area (Å²) in [5, 5.41) is 10.9. The summed E-state index contributed by atoms with van der Waals surface area (Å²) >= 11 is 1.75. The molecule has 0 unspecified atom stereocenters.